The fourth-order valence-corrected chi connectivity index (χ4v) is 18.7. The Labute approximate surface area is 454 Å². The molecule has 0 radical (unpaired) electrons. The van der Waals surface area contributed by atoms with Gasteiger partial charge in [-0.25, -0.2) is 19.6 Å². The van der Waals surface area contributed by atoms with Crippen molar-refractivity contribution in [2.24, 2.45) is 23.7 Å². The molecule has 14 atom stereocenters. The number of carbonyl (C=O) groups is 2. The molecule has 12 bridgehead atoms. The van der Waals surface area contributed by atoms with E-state index in [9.17, 15) is 34.5 Å². The number of carbonyl (C=O) groups excluding carboxylic acids is 1. The first-order valence-corrected chi connectivity index (χ1v) is 26.2. The van der Waals surface area contributed by atoms with Gasteiger partial charge in [-0.05, 0) is 183 Å². The van der Waals surface area contributed by atoms with Crippen molar-refractivity contribution in [2.45, 2.75) is 194 Å². The van der Waals surface area contributed by atoms with Crippen LogP contribution >= 0.6 is 24.8 Å². The van der Waals surface area contributed by atoms with Gasteiger partial charge in [0, 0.05) is 47.3 Å². The second-order valence-electron chi connectivity index (χ2n) is 23.9. The maximum absolute atomic E-state index is 13.6. The SMILES string of the molecule is CCOC(=O)c1nc2ccccc2n(C2C[C@H]3CC[C@@H](C2)N3C23C[C@@H]4C[C@@H](CC(O)(C4)C2)C3)c1=O.Cl.Cl.O=C(O)c1nc2ccccc2n(C2C[C@H]3CC[C@@H](C2)N3C23C[C@@H]4C[C@@H](CC(O)(C4)C2)C3)c1=O.[Na+].[OH-]. The van der Waals surface area contributed by atoms with Gasteiger partial charge >= 0.3 is 41.5 Å². The minimum Gasteiger partial charge on any atom is -0.870 e. The first-order chi connectivity index (χ1) is 32.7. The van der Waals surface area contributed by atoms with Crippen molar-refractivity contribution in [1.82, 2.24) is 28.9 Å². The van der Waals surface area contributed by atoms with E-state index in [1.54, 1.807) is 17.6 Å². The van der Waals surface area contributed by atoms with Crippen molar-refractivity contribution in [2.75, 3.05) is 6.61 Å². The van der Waals surface area contributed by atoms with Gasteiger partial charge in [0.2, 0.25) is 11.4 Å². The summed E-state index contributed by atoms with van der Waals surface area (Å²) in [6.45, 7) is 1.96. The van der Waals surface area contributed by atoms with E-state index in [2.05, 4.69) is 19.8 Å². The molecule has 6 heterocycles. The molecule has 2 aromatic carbocycles. The molecule has 6 unspecified atom stereocenters. The predicted octanol–water partition coefficient (Wildman–Crippen LogP) is 4.84. The number of carboxylic acids is 1. The fourth-order valence-electron chi connectivity index (χ4n) is 18.7. The maximum atomic E-state index is 13.6. The van der Waals surface area contributed by atoms with Gasteiger partial charge in [0.05, 0.1) is 39.9 Å². The molecule has 8 saturated carbocycles. The number of aliphatic hydroxyl groups is 2. The molecule has 16 rings (SSSR count). The van der Waals surface area contributed by atoms with Crippen LogP contribution in [0.5, 0.6) is 0 Å². The molecule has 384 valence electrons. The summed E-state index contributed by atoms with van der Waals surface area (Å²) < 4.78 is 8.76. The van der Waals surface area contributed by atoms with Crippen LogP contribution in [-0.4, -0.2) is 115 Å². The fraction of sp³-hybridized carbons (Fsp3) is 0.667. The van der Waals surface area contributed by atoms with E-state index in [1.165, 1.54) is 38.5 Å². The number of ether oxygens (including phenoxy) is 1. The third kappa shape index (κ3) is 8.63. The number of halogens is 2. The number of hydrogen-bond acceptors (Lipinski definition) is 12. The summed E-state index contributed by atoms with van der Waals surface area (Å²) in [6, 6.07) is 16.7. The summed E-state index contributed by atoms with van der Waals surface area (Å²) in [7, 11) is 0. The summed E-state index contributed by atoms with van der Waals surface area (Å²) in [6.07, 6.45) is 21.3. The normalized spacial score (nSPS) is 38.5. The van der Waals surface area contributed by atoms with Crippen LogP contribution in [0.1, 0.15) is 168 Å². The number of fused-ring (bicyclic) bond motifs is 6. The molecule has 72 heavy (non-hydrogen) atoms. The Morgan fingerprint density at radius 1 is 0.583 bits per heavy atom. The Morgan fingerprint density at radius 2 is 0.944 bits per heavy atom. The molecule has 15 nitrogen and oxygen atoms in total. The van der Waals surface area contributed by atoms with E-state index in [0.29, 0.717) is 58.9 Å². The third-order valence-electron chi connectivity index (χ3n) is 19.5. The third-order valence-corrected chi connectivity index (χ3v) is 19.5. The van der Waals surface area contributed by atoms with Crippen molar-refractivity contribution in [3.63, 3.8) is 0 Å². The van der Waals surface area contributed by atoms with Gasteiger partial charge in [0.25, 0.3) is 11.1 Å². The number of benzene rings is 2. The number of aromatic carboxylic acids is 1. The van der Waals surface area contributed by atoms with E-state index >= 15 is 0 Å². The molecule has 12 aliphatic rings. The van der Waals surface area contributed by atoms with Crippen molar-refractivity contribution in [3.8, 4) is 0 Å². The Balaban J connectivity index is 0.000000169. The van der Waals surface area contributed by atoms with Crippen molar-refractivity contribution < 1.29 is 64.7 Å². The molecular formula is C54H69Cl2N6NaO9. The minimum absolute atomic E-state index is 0. The zero-order chi connectivity index (χ0) is 46.5. The monoisotopic (exact) mass is 1040 g/mol. The van der Waals surface area contributed by atoms with Gasteiger partial charge in [-0.15, -0.1) is 24.8 Å². The summed E-state index contributed by atoms with van der Waals surface area (Å²) >= 11 is 0. The van der Waals surface area contributed by atoms with Gasteiger partial charge in [0.15, 0.2) is 0 Å². The van der Waals surface area contributed by atoms with E-state index in [4.69, 9.17) is 4.74 Å². The first kappa shape index (κ1) is 53.9. The van der Waals surface area contributed by atoms with Gasteiger partial charge in [-0.3, -0.25) is 19.4 Å². The van der Waals surface area contributed by atoms with Gasteiger partial charge in [-0.1, -0.05) is 24.3 Å². The number of rotatable bonds is 7. The number of piperidine rings is 2. The Kier molecular flexibility index (Phi) is 14.6. The number of hydrogen-bond donors (Lipinski definition) is 3. The molecule has 4 saturated heterocycles. The number of nitrogens with zero attached hydrogens (tertiary/aromatic N) is 6. The van der Waals surface area contributed by atoms with E-state index in [-0.39, 0.29) is 107 Å². The summed E-state index contributed by atoms with van der Waals surface area (Å²) in [5.41, 5.74) is 0.761. The van der Waals surface area contributed by atoms with Crippen molar-refractivity contribution >= 4 is 58.8 Å². The molecule has 4 aliphatic heterocycles. The van der Waals surface area contributed by atoms with E-state index in [0.717, 1.165) is 101 Å². The van der Waals surface area contributed by atoms with Crippen LogP contribution in [0.15, 0.2) is 58.1 Å². The molecule has 8 aliphatic carbocycles. The predicted molar refractivity (Wildman–Crippen MR) is 270 cm³/mol. The van der Waals surface area contributed by atoms with Gasteiger partial charge in [-0.2, -0.15) is 0 Å². The average molecular weight is 1040 g/mol. The zero-order valence-electron chi connectivity index (χ0n) is 41.6. The second kappa shape index (κ2) is 19.6. The van der Waals surface area contributed by atoms with Crippen LogP contribution in [0.25, 0.3) is 22.1 Å². The molecule has 12 fully saturated rings. The standard InChI is InChI=1S/C28H35N3O4.C26H31N3O4.2ClH.Na.H2O/c1-2-35-26(33)24-25(32)30(23-6-4-3-5-22(23)29-24)21-10-19-7-8-20(11-21)31(19)27-12-17-9-18(13-27)15-28(34,14-17)16-27;30-23-22(24(31)32)27-20-3-1-2-4-21(20)28(23)19-8-17-5-6-18(9-19)29(17)25-10-15-7-16(11-25)13-26(33,12-15)14-25;;;;/h3-6,17-21,34H,2,7-16H2,1H3;1-4,15-19,33H,5-14H2,(H,31,32);2*1H;;1H2/q;;;;+1;/p-1/t17-,18+,19-,20+,21?,27?,28?;15-,16+,17-,18+,19?,25?,26?;;;;. The van der Waals surface area contributed by atoms with Crippen LogP contribution in [0, 0.1) is 23.7 Å². The Hall–Kier alpha value is -2.96. The molecular weight excluding hydrogens is 971 g/mol. The van der Waals surface area contributed by atoms with Gasteiger partial charge in [0.1, 0.15) is 0 Å². The number of carboxylic acid groups (broad SMARTS) is 1. The molecule has 18 heteroatoms. The maximum Gasteiger partial charge on any atom is 1.00 e. The van der Waals surface area contributed by atoms with Crippen LogP contribution in [0.2, 0.25) is 0 Å². The van der Waals surface area contributed by atoms with E-state index in [1.807, 2.05) is 47.0 Å². The number of esters is 1. The Morgan fingerprint density at radius 3 is 1.31 bits per heavy atom. The van der Waals surface area contributed by atoms with Crippen LogP contribution in [-0.2, 0) is 4.74 Å². The first-order valence-electron chi connectivity index (χ1n) is 26.2. The quantitative estimate of drug-likeness (QED) is 0.167. The van der Waals surface area contributed by atoms with E-state index < -0.39 is 28.7 Å². The second-order valence-corrected chi connectivity index (χ2v) is 23.9. The summed E-state index contributed by atoms with van der Waals surface area (Å²) in [5.74, 6) is 0.729. The largest absolute Gasteiger partial charge is 1.00 e. The van der Waals surface area contributed by atoms with Crippen LogP contribution in [0.4, 0.5) is 0 Å². The van der Waals surface area contributed by atoms with Crippen molar-refractivity contribution in [1.29, 1.82) is 0 Å². The minimum atomic E-state index is -1.26. The average Bonchev–Trinajstić information content (AvgIpc) is 3.73. The van der Waals surface area contributed by atoms with Crippen LogP contribution < -0.4 is 40.7 Å². The van der Waals surface area contributed by atoms with Crippen molar-refractivity contribution in [3.05, 3.63) is 80.6 Å². The molecule has 4 aromatic rings. The molecule has 0 spiro atoms. The van der Waals surface area contributed by atoms with Crippen LogP contribution in [0.3, 0.4) is 0 Å². The zero-order valence-corrected chi connectivity index (χ0v) is 45.2. The molecule has 0 amide bonds. The van der Waals surface area contributed by atoms with Gasteiger partial charge < -0.3 is 34.7 Å². The topological polar surface area (TPSA) is 210 Å². The number of para-hydroxylation sites is 4. The Bertz CT molecular complexity index is 2830. The summed E-state index contributed by atoms with van der Waals surface area (Å²) in [4.78, 5) is 65.5. The number of aromatic nitrogens is 4. The summed E-state index contributed by atoms with van der Waals surface area (Å²) in [5, 5.41) is 32.3. The molecule has 4 N–H and O–H groups in total. The molecule has 2 aromatic heterocycles. The smallest absolute Gasteiger partial charge is 0.870 e.